The zero-order chi connectivity index (χ0) is 18.3. The molecule has 0 spiro atoms. The van der Waals surface area contributed by atoms with Crippen molar-refractivity contribution in [3.8, 4) is 0 Å². The molecule has 136 valence electrons. The van der Waals surface area contributed by atoms with Gasteiger partial charge >= 0.3 is 11.9 Å². The van der Waals surface area contributed by atoms with Crippen LogP contribution in [0.3, 0.4) is 0 Å². The molecule has 0 aliphatic heterocycles. The van der Waals surface area contributed by atoms with Gasteiger partial charge in [0.25, 0.3) is 10.1 Å². The van der Waals surface area contributed by atoms with Crippen LogP contribution in [0.25, 0.3) is 0 Å². The van der Waals surface area contributed by atoms with Crippen molar-refractivity contribution < 1.29 is 32.4 Å². The first-order chi connectivity index (χ1) is 10.7. The van der Waals surface area contributed by atoms with E-state index in [1.807, 2.05) is 0 Å². The van der Waals surface area contributed by atoms with Crippen LogP contribution in [-0.4, -0.2) is 42.9 Å². The van der Waals surface area contributed by atoms with Crippen molar-refractivity contribution in [3.05, 3.63) is 12.7 Å². The predicted octanol–water partition coefficient (Wildman–Crippen LogP) is 2.67. The van der Waals surface area contributed by atoms with Crippen molar-refractivity contribution >= 4 is 22.1 Å². The fourth-order valence-corrected chi connectivity index (χ4v) is 2.29. The van der Waals surface area contributed by atoms with Gasteiger partial charge < -0.3 is 10.2 Å². The first kappa shape index (κ1) is 23.9. The number of carboxylic acids is 2. The molecule has 0 bridgehead atoms. The van der Waals surface area contributed by atoms with Gasteiger partial charge in [-0.3, -0.25) is 13.8 Å². The second-order valence-corrected chi connectivity index (χ2v) is 6.69. The summed E-state index contributed by atoms with van der Waals surface area (Å²) in [7, 11) is -3.38. The summed E-state index contributed by atoms with van der Waals surface area (Å²) in [5.41, 5.74) is 0. The molecular formula is C15H28O7S. The van der Waals surface area contributed by atoms with E-state index in [0.717, 1.165) is 25.7 Å². The van der Waals surface area contributed by atoms with E-state index < -0.39 is 22.1 Å². The minimum Gasteiger partial charge on any atom is -0.481 e. The van der Waals surface area contributed by atoms with Crippen LogP contribution < -0.4 is 0 Å². The standard InChI is InChI=1S/C11H22O3S.C4H6O4/c1-4-7-8-11(6-3)10-14-15(12,13)9-5-2;5-3(6)1-2-4(7)8/h5,11H,2,4,6-10H2,1,3H3;1-2H2,(H,5,6)(H,7,8). The molecule has 0 saturated carbocycles. The maximum Gasteiger partial charge on any atom is 0.303 e. The Morgan fingerprint density at radius 2 is 1.70 bits per heavy atom. The van der Waals surface area contributed by atoms with Gasteiger partial charge in [-0.2, -0.15) is 8.42 Å². The highest BCUT2D eigenvalue weighted by Gasteiger charge is 2.13. The van der Waals surface area contributed by atoms with E-state index in [0.29, 0.717) is 12.5 Å². The van der Waals surface area contributed by atoms with Crippen LogP contribution in [0.2, 0.25) is 0 Å². The molecule has 0 fully saturated rings. The monoisotopic (exact) mass is 352 g/mol. The van der Waals surface area contributed by atoms with Gasteiger partial charge in [0.1, 0.15) is 0 Å². The Balaban J connectivity index is 0. The molecule has 0 aromatic rings. The average Bonchev–Trinajstić information content (AvgIpc) is 2.46. The summed E-state index contributed by atoms with van der Waals surface area (Å²) < 4.78 is 27.4. The Kier molecular flexibility index (Phi) is 14.7. The lowest BCUT2D eigenvalue weighted by molar-refractivity contribution is -0.143. The summed E-state index contributed by atoms with van der Waals surface area (Å²) >= 11 is 0. The fraction of sp³-hybridized carbons (Fsp3) is 0.733. The third-order valence-corrected chi connectivity index (χ3v) is 4.04. The average molecular weight is 352 g/mol. The summed E-state index contributed by atoms with van der Waals surface area (Å²) in [6, 6.07) is 0. The molecule has 0 aromatic carbocycles. The maximum atomic E-state index is 11.2. The van der Waals surface area contributed by atoms with Crippen molar-refractivity contribution in [1.29, 1.82) is 0 Å². The van der Waals surface area contributed by atoms with Gasteiger partial charge in [0.2, 0.25) is 0 Å². The van der Waals surface area contributed by atoms with E-state index in [1.54, 1.807) is 0 Å². The maximum absolute atomic E-state index is 11.2. The van der Waals surface area contributed by atoms with E-state index in [-0.39, 0.29) is 18.6 Å². The number of hydrogen-bond acceptors (Lipinski definition) is 5. The Morgan fingerprint density at radius 3 is 2.04 bits per heavy atom. The first-order valence-electron chi connectivity index (χ1n) is 7.60. The quantitative estimate of drug-likeness (QED) is 0.409. The van der Waals surface area contributed by atoms with Crippen LogP contribution >= 0.6 is 0 Å². The Labute approximate surface area is 138 Å². The Morgan fingerprint density at radius 1 is 1.17 bits per heavy atom. The second kappa shape index (κ2) is 14.2. The van der Waals surface area contributed by atoms with E-state index in [1.165, 1.54) is 6.08 Å². The van der Waals surface area contributed by atoms with Crippen LogP contribution in [0.4, 0.5) is 0 Å². The zero-order valence-corrected chi connectivity index (χ0v) is 14.7. The van der Waals surface area contributed by atoms with Crippen LogP contribution in [-0.2, 0) is 23.9 Å². The summed E-state index contributed by atoms with van der Waals surface area (Å²) in [5, 5.41) is 15.8. The largest absolute Gasteiger partial charge is 0.481 e. The number of carboxylic acid groups (broad SMARTS) is 2. The topological polar surface area (TPSA) is 118 Å². The van der Waals surface area contributed by atoms with Gasteiger partial charge in [-0.05, 0) is 12.3 Å². The van der Waals surface area contributed by atoms with Gasteiger partial charge in [0.15, 0.2) is 0 Å². The highest BCUT2D eigenvalue weighted by atomic mass is 32.2. The van der Waals surface area contributed by atoms with Crippen LogP contribution in [0, 0.1) is 5.92 Å². The minimum atomic E-state index is -3.38. The zero-order valence-electron chi connectivity index (χ0n) is 13.9. The Bertz CT molecular complexity index is 429. The second-order valence-electron chi connectivity index (χ2n) is 5.00. The predicted molar refractivity (Wildman–Crippen MR) is 87.7 cm³/mol. The Hall–Kier alpha value is -1.41. The van der Waals surface area contributed by atoms with Crippen LogP contribution in [0.1, 0.15) is 52.4 Å². The van der Waals surface area contributed by atoms with Gasteiger partial charge in [-0.15, -0.1) is 6.58 Å². The number of carbonyl (C=O) groups is 2. The SMILES string of the molecule is C=CCS(=O)(=O)OCC(CC)CCCC.O=C(O)CCC(=O)O. The summed E-state index contributed by atoms with van der Waals surface area (Å²) in [4.78, 5) is 19.3. The van der Waals surface area contributed by atoms with E-state index in [2.05, 4.69) is 20.4 Å². The smallest absolute Gasteiger partial charge is 0.303 e. The van der Waals surface area contributed by atoms with E-state index >= 15 is 0 Å². The van der Waals surface area contributed by atoms with Crippen molar-refractivity contribution in [1.82, 2.24) is 0 Å². The minimum absolute atomic E-state index is 0.1000. The summed E-state index contributed by atoms with van der Waals surface area (Å²) in [5.74, 6) is -1.90. The molecular weight excluding hydrogens is 324 g/mol. The lowest BCUT2D eigenvalue weighted by Gasteiger charge is -2.13. The molecule has 0 radical (unpaired) electrons. The molecule has 0 heterocycles. The normalized spacial score (nSPS) is 11.9. The lowest BCUT2D eigenvalue weighted by atomic mass is 10.0. The van der Waals surface area contributed by atoms with Crippen LogP contribution in [0.15, 0.2) is 12.7 Å². The molecule has 1 unspecified atom stereocenters. The molecule has 23 heavy (non-hydrogen) atoms. The third kappa shape index (κ3) is 18.5. The molecule has 0 amide bonds. The highest BCUT2D eigenvalue weighted by Crippen LogP contribution is 2.14. The number of rotatable bonds is 12. The number of aliphatic carboxylic acids is 2. The third-order valence-electron chi connectivity index (χ3n) is 2.90. The molecule has 8 heteroatoms. The molecule has 0 rings (SSSR count). The molecule has 2 N–H and O–H groups in total. The van der Waals surface area contributed by atoms with Gasteiger partial charge in [-0.1, -0.05) is 39.2 Å². The molecule has 1 atom stereocenters. The highest BCUT2D eigenvalue weighted by molar-refractivity contribution is 7.86. The van der Waals surface area contributed by atoms with Crippen molar-refractivity contribution in [2.45, 2.75) is 52.4 Å². The van der Waals surface area contributed by atoms with Gasteiger partial charge in [0.05, 0.1) is 25.2 Å². The van der Waals surface area contributed by atoms with Crippen molar-refractivity contribution in [3.63, 3.8) is 0 Å². The lowest BCUT2D eigenvalue weighted by Crippen LogP contribution is -2.15. The molecule has 0 saturated heterocycles. The van der Waals surface area contributed by atoms with E-state index in [4.69, 9.17) is 14.4 Å². The van der Waals surface area contributed by atoms with Crippen molar-refractivity contribution in [2.24, 2.45) is 5.92 Å². The first-order valence-corrected chi connectivity index (χ1v) is 9.17. The molecule has 0 aromatic heterocycles. The molecule has 0 aliphatic rings. The van der Waals surface area contributed by atoms with Crippen LogP contribution in [0.5, 0.6) is 0 Å². The van der Waals surface area contributed by atoms with Gasteiger partial charge in [-0.25, -0.2) is 0 Å². The molecule has 7 nitrogen and oxygen atoms in total. The summed E-state index contributed by atoms with van der Waals surface area (Å²) in [6.45, 7) is 7.88. The van der Waals surface area contributed by atoms with Crippen molar-refractivity contribution in [2.75, 3.05) is 12.4 Å². The van der Waals surface area contributed by atoms with E-state index in [9.17, 15) is 18.0 Å². The van der Waals surface area contributed by atoms with Gasteiger partial charge in [0, 0.05) is 0 Å². The molecule has 0 aliphatic carbocycles. The summed E-state index contributed by atoms with van der Waals surface area (Å²) in [6.07, 6.45) is 5.02. The number of unbranched alkanes of at least 4 members (excludes halogenated alkanes) is 1. The number of hydrogen-bond donors (Lipinski definition) is 2. The fourth-order valence-electron chi connectivity index (χ4n) is 1.50.